The molecule has 0 amide bonds. The fourth-order valence-corrected chi connectivity index (χ4v) is 1.63. The first-order chi connectivity index (χ1) is 8.58. The summed E-state index contributed by atoms with van der Waals surface area (Å²) in [6, 6.07) is 6.94. The number of aliphatic hydroxyl groups is 1. The molecule has 0 aromatic heterocycles. The van der Waals surface area contributed by atoms with Crippen molar-refractivity contribution in [3.05, 3.63) is 42.0 Å². The molecule has 18 heavy (non-hydrogen) atoms. The predicted octanol–water partition coefficient (Wildman–Crippen LogP) is 0.461. The molecule has 100 valence electrons. The minimum atomic E-state index is -0.855. The molecule has 0 saturated carbocycles. The van der Waals surface area contributed by atoms with Crippen LogP contribution >= 0.6 is 0 Å². The molecule has 0 spiro atoms. The molecule has 5 nitrogen and oxygen atoms in total. The largest absolute Gasteiger partial charge is 0.497 e. The van der Waals surface area contributed by atoms with E-state index in [1.807, 2.05) is 29.7 Å². The number of methoxy groups -OCH3 is 1. The Bertz CT molecular complexity index is 378. The molecule has 1 rings (SSSR count). The summed E-state index contributed by atoms with van der Waals surface area (Å²) in [6.45, 7) is 3.94. The Morgan fingerprint density at radius 1 is 1.44 bits per heavy atom. The van der Waals surface area contributed by atoms with E-state index >= 15 is 0 Å². The number of hydroxylamine groups is 1. The lowest BCUT2D eigenvalue weighted by atomic mass is 9.97. The van der Waals surface area contributed by atoms with Gasteiger partial charge in [0.25, 0.3) is 0 Å². The molecule has 0 unspecified atom stereocenters. The summed E-state index contributed by atoms with van der Waals surface area (Å²) in [5.41, 5.74) is 9.25. The van der Waals surface area contributed by atoms with Gasteiger partial charge in [0.15, 0.2) is 0 Å². The lowest BCUT2D eigenvalue weighted by Gasteiger charge is -2.20. The zero-order valence-corrected chi connectivity index (χ0v) is 10.5. The van der Waals surface area contributed by atoms with E-state index < -0.39 is 12.1 Å². The van der Waals surface area contributed by atoms with E-state index in [1.165, 1.54) is 0 Å². The average molecular weight is 252 g/mol. The molecule has 0 aliphatic carbocycles. The van der Waals surface area contributed by atoms with Gasteiger partial charge in [-0.05, 0) is 29.7 Å². The van der Waals surface area contributed by atoms with Crippen LogP contribution in [-0.4, -0.2) is 36.1 Å². The standard InChI is InChI=1S/C13H20N2O3/c1-9(13(16)12(14)8-15-17)7-10-3-5-11(18-2)6-4-10/h3-6,12-13,15-17H,1,7-8,14H2,2H3/t12-,13-/m0/s1. The van der Waals surface area contributed by atoms with Crippen molar-refractivity contribution in [3.63, 3.8) is 0 Å². The molecular weight excluding hydrogens is 232 g/mol. The molecule has 5 heteroatoms. The minimum absolute atomic E-state index is 0.114. The smallest absolute Gasteiger partial charge is 0.118 e. The first-order valence-electron chi connectivity index (χ1n) is 5.69. The highest BCUT2D eigenvalue weighted by Crippen LogP contribution is 2.16. The van der Waals surface area contributed by atoms with Crippen molar-refractivity contribution < 1.29 is 15.1 Å². The van der Waals surface area contributed by atoms with Crippen molar-refractivity contribution >= 4 is 0 Å². The zero-order chi connectivity index (χ0) is 13.5. The van der Waals surface area contributed by atoms with Gasteiger partial charge in [-0.3, -0.25) is 0 Å². The summed E-state index contributed by atoms with van der Waals surface area (Å²) in [5.74, 6) is 0.783. The maximum absolute atomic E-state index is 9.88. The van der Waals surface area contributed by atoms with Crippen LogP contribution in [-0.2, 0) is 6.42 Å². The summed E-state index contributed by atoms with van der Waals surface area (Å²) in [4.78, 5) is 0. The number of aliphatic hydroxyl groups excluding tert-OH is 1. The average Bonchev–Trinajstić information content (AvgIpc) is 2.39. The van der Waals surface area contributed by atoms with E-state index in [2.05, 4.69) is 6.58 Å². The van der Waals surface area contributed by atoms with Gasteiger partial charge in [-0.2, -0.15) is 0 Å². The lowest BCUT2D eigenvalue weighted by Crippen LogP contribution is -2.43. The number of rotatable bonds is 7. The van der Waals surface area contributed by atoms with E-state index in [1.54, 1.807) is 7.11 Å². The van der Waals surface area contributed by atoms with E-state index in [4.69, 9.17) is 15.7 Å². The molecule has 0 aliphatic heterocycles. The summed E-state index contributed by atoms with van der Waals surface area (Å²) in [6.07, 6.45) is -0.323. The van der Waals surface area contributed by atoms with Crippen molar-refractivity contribution in [2.24, 2.45) is 5.73 Å². The quantitative estimate of drug-likeness (QED) is 0.418. The summed E-state index contributed by atoms with van der Waals surface area (Å²) in [5, 5.41) is 18.4. The van der Waals surface area contributed by atoms with Crippen LogP contribution in [0.4, 0.5) is 0 Å². The fourth-order valence-electron chi connectivity index (χ4n) is 1.63. The van der Waals surface area contributed by atoms with E-state index in [-0.39, 0.29) is 6.54 Å². The molecule has 0 heterocycles. The molecule has 5 N–H and O–H groups in total. The minimum Gasteiger partial charge on any atom is -0.497 e. The van der Waals surface area contributed by atoms with Gasteiger partial charge in [0, 0.05) is 12.6 Å². The van der Waals surface area contributed by atoms with Gasteiger partial charge in [-0.25, -0.2) is 5.48 Å². The maximum Gasteiger partial charge on any atom is 0.118 e. The van der Waals surface area contributed by atoms with Crippen LogP contribution in [0.5, 0.6) is 5.75 Å². The Hall–Kier alpha value is -1.40. The van der Waals surface area contributed by atoms with Gasteiger partial charge in [0.2, 0.25) is 0 Å². The molecular formula is C13H20N2O3. The number of hydrogen-bond acceptors (Lipinski definition) is 5. The second kappa shape index (κ2) is 7.13. The topological polar surface area (TPSA) is 87.7 Å². The zero-order valence-electron chi connectivity index (χ0n) is 10.5. The second-order valence-corrected chi connectivity index (χ2v) is 4.15. The van der Waals surface area contributed by atoms with Crippen LogP contribution in [0.25, 0.3) is 0 Å². The number of nitrogens with one attached hydrogen (secondary N) is 1. The van der Waals surface area contributed by atoms with Crippen LogP contribution < -0.4 is 16.0 Å². The fraction of sp³-hybridized carbons (Fsp3) is 0.385. The number of hydrogen-bond donors (Lipinski definition) is 4. The Balaban J connectivity index is 2.57. The SMILES string of the molecule is C=C(Cc1ccc(OC)cc1)[C@H](O)[C@@H](N)CNO. The van der Waals surface area contributed by atoms with Gasteiger partial charge in [-0.15, -0.1) is 0 Å². The summed E-state index contributed by atoms with van der Waals surface area (Å²) < 4.78 is 5.06. The highest BCUT2D eigenvalue weighted by Gasteiger charge is 2.17. The molecule has 0 bridgehead atoms. The van der Waals surface area contributed by atoms with Crippen molar-refractivity contribution in [1.82, 2.24) is 5.48 Å². The molecule has 0 saturated heterocycles. The normalized spacial score (nSPS) is 14.0. The Morgan fingerprint density at radius 2 is 2.06 bits per heavy atom. The highest BCUT2D eigenvalue weighted by atomic mass is 16.5. The second-order valence-electron chi connectivity index (χ2n) is 4.15. The van der Waals surface area contributed by atoms with Crippen molar-refractivity contribution in [2.45, 2.75) is 18.6 Å². The van der Waals surface area contributed by atoms with Crippen LogP contribution in [0.1, 0.15) is 5.56 Å². The number of nitrogens with two attached hydrogens (primary N) is 1. The molecule has 0 aliphatic rings. The van der Waals surface area contributed by atoms with Crippen LogP contribution in [0, 0.1) is 0 Å². The van der Waals surface area contributed by atoms with E-state index in [9.17, 15) is 5.11 Å². The molecule has 1 aromatic carbocycles. The third kappa shape index (κ3) is 4.12. The lowest BCUT2D eigenvalue weighted by molar-refractivity contribution is 0.119. The van der Waals surface area contributed by atoms with Crippen LogP contribution in [0.2, 0.25) is 0 Å². The highest BCUT2D eigenvalue weighted by molar-refractivity contribution is 5.30. The third-order valence-electron chi connectivity index (χ3n) is 2.74. The van der Waals surface area contributed by atoms with Gasteiger partial charge in [0.1, 0.15) is 5.75 Å². The predicted molar refractivity (Wildman–Crippen MR) is 69.6 cm³/mol. The number of benzene rings is 1. The Morgan fingerprint density at radius 3 is 2.56 bits per heavy atom. The molecule has 0 fully saturated rings. The van der Waals surface area contributed by atoms with Gasteiger partial charge < -0.3 is 20.8 Å². The molecule has 1 aromatic rings. The van der Waals surface area contributed by atoms with Crippen molar-refractivity contribution in [1.29, 1.82) is 0 Å². The van der Waals surface area contributed by atoms with Crippen molar-refractivity contribution in [3.8, 4) is 5.75 Å². The number of ether oxygens (including phenoxy) is 1. The first kappa shape index (κ1) is 14.7. The van der Waals surface area contributed by atoms with Crippen molar-refractivity contribution in [2.75, 3.05) is 13.7 Å². The third-order valence-corrected chi connectivity index (χ3v) is 2.74. The summed E-state index contributed by atoms with van der Waals surface area (Å²) in [7, 11) is 1.61. The first-order valence-corrected chi connectivity index (χ1v) is 5.69. The van der Waals surface area contributed by atoms with Gasteiger partial charge in [0.05, 0.1) is 13.2 Å². The van der Waals surface area contributed by atoms with Gasteiger partial charge >= 0.3 is 0 Å². The summed E-state index contributed by atoms with van der Waals surface area (Å²) >= 11 is 0. The molecule has 0 radical (unpaired) electrons. The Kier molecular flexibility index (Phi) is 5.80. The van der Waals surface area contributed by atoms with Gasteiger partial charge in [-0.1, -0.05) is 18.7 Å². The monoisotopic (exact) mass is 252 g/mol. The Labute approximate surface area is 107 Å². The van der Waals surface area contributed by atoms with E-state index in [0.717, 1.165) is 11.3 Å². The van der Waals surface area contributed by atoms with E-state index in [0.29, 0.717) is 12.0 Å². The van der Waals surface area contributed by atoms with Crippen LogP contribution in [0.3, 0.4) is 0 Å². The van der Waals surface area contributed by atoms with Crippen LogP contribution in [0.15, 0.2) is 36.4 Å². The molecule has 2 atom stereocenters. The maximum atomic E-state index is 9.88.